The number of alkyl halides is 3. The molecule has 1 saturated heterocycles. The molecule has 2 bridgehead atoms. The second-order valence-electron chi connectivity index (χ2n) is 8.04. The van der Waals surface area contributed by atoms with E-state index in [0.29, 0.717) is 17.9 Å². The van der Waals surface area contributed by atoms with Crippen LogP contribution in [0.2, 0.25) is 0 Å². The first-order valence-electron chi connectivity index (χ1n) is 10.1. The van der Waals surface area contributed by atoms with Gasteiger partial charge in [0.25, 0.3) is 5.91 Å². The number of halogens is 3. The number of likely N-dealkylation sites (tertiary alicyclic amines) is 1. The molecule has 0 radical (unpaired) electrons. The van der Waals surface area contributed by atoms with Crippen LogP contribution in [0.5, 0.6) is 5.88 Å². The van der Waals surface area contributed by atoms with Crippen LogP contribution in [0.3, 0.4) is 0 Å². The molecule has 0 N–H and O–H groups in total. The van der Waals surface area contributed by atoms with Gasteiger partial charge in [0.2, 0.25) is 5.88 Å². The molecule has 3 aromatic rings. The number of amides is 1. The number of fused-ring (bicyclic) bond motifs is 2. The van der Waals surface area contributed by atoms with E-state index in [1.54, 1.807) is 17.0 Å². The zero-order valence-corrected chi connectivity index (χ0v) is 17.0. The molecule has 1 saturated carbocycles. The maximum atomic E-state index is 13.4. The summed E-state index contributed by atoms with van der Waals surface area (Å²) in [6, 6.07) is 5.43. The van der Waals surface area contributed by atoms with Crippen LogP contribution in [-0.4, -0.2) is 54.5 Å². The average molecular weight is 444 g/mol. The lowest BCUT2D eigenvalue weighted by atomic mass is 10.1. The lowest BCUT2D eigenvalue weighted by Gasteiger charge is -2.33. The van der Waals surface area contributed by atoms with Crippen LogP contribution >= 0.6 is 0 Å². The predicted octanol–water partition coefficient (Wildman–Crippen LogP) is 3.07. The smallest absolute Gasteiger partial charge is 0.417 e. The van der Waals surface area contributed by atoms with Crippen LogP contribution in [0.4, 0.5) is 13.2 Å². The van der Waals surface area contributed by atoms with Gasteiger partial charge in [-0.2, -0.15) is 23.4 Å². The number of aryl methyl sites for hydroxylation is 1. The van der Waals surface area contributed by atoms with Gasteiger partial charge < -0.3 is 9.64 Å². The summed E-state index contributed by atoms with van der Waals surface area (Å²) < 4.78 is 44.2. The van der Waals surface area contributed by atoms with Crippen molar-refractivity contribution in [2.24, 2.45) is 5.92 Å². The SMILES string of the molecule is Cc1ccc(C(=O)N2CC3CC(Oc4ccc(C(F)(F)F)cn4)C2C3)c(-n2nccn2)n1. The highest BCUT2D eigenvalue weighted by Gasteiger charge is 2.49. The Kier molecular flexibility index (Phi) is 4.83. The lowest BCUT2D eigenvalue weighted by molar-refractivity contribution is -0.137. The van der Waals surface area contributed by atoms with E-state index in [0.717, 1.165) is 30.8 Å². The van der Waals surface area contributed by atoms with Crippen molar-refractivity contribution < 1.29 is 22.7 Å². The zero-order valence-electron chi connectivity index (χ0n) is 17.0. The van der Waals surface area contributed by atoms with Crippen molar-refractivity contribution in [1.29, 1.82) is 0 Å². The molecule has 0 spiro atoms. The summed E-state index contributed by atoms with van der Waals surface area (Å²) in [4.78, 5) is 24.7. The number of piperidine rings is 1. The minimum Gasteiger partial charge on any atom is -0.472 e. The molecule has 166 valence electrons. The number of ether oxygens (including phenoxy) is 1. The normalized spacial score (nSPS) is 22.4. The minimum atomic E-state index is -4.45. The Labute approximate surface area is 181 Å². The lowest BCUT2D eigenvalue weighted by Crippen LogP contribution is -2.47. The molecule has 1 aliphatic carbocycles. The Hall–Kier alpha value is -3.50. The Morgan fingerprint density at radius 3 is 2.56 bits per heavy atom. The third kappa shape index (κ3) is 3.67. The number of rotatable bonds is 4. The van der Waals surface area contributed by atoms with E-state index >= 15 is 0 Å². The standard InChI is InChI=1S/C21H19F3N6O2/c1-12-2-4-15(19(28-12)30-26-6-7-27-30)20(31)29-11-13-8-16(29)17(9-13)32-18-5-3-14(10-25-18)21(22,23)24/h2-7,10,13,16-17H,8-9,11H2,1H3. The van der Waals surface area contributed by atoms with Crippen molar-refractivity contribution in [3.63, 3.8) is 0 Å². The predicted molar refractivity (Wildman–Crippen MR) is 105 cm³/mol. The van der Waals surface area contributed by atoms with Crippen molar-refractivity contribution in [2.75, 3.05) is 6.54 Å². The van der Waals surface area contributed by atoms with Crippen LogP contribution in [0.15, 0.2) is 42.9 Å². The largest absolute Gasteiger partial charge is 0.472 e. The highest BCUT2D eigenvalue weighted by Crippen LogP contribution is 2.40. The second kappa shape index (κ2) is 7.57. The molecule has 0 aromatic carbocycles. The monoisotopic (exact) mass is 444 g/mol. The minimum absolute atomic E-state index is 0.112. The molecule has 1 aliphatic heterocycles. The summed E-state index contributed by atoms with van der Waals surface area (Å²) in [7, 11) is 0. The zero-order chi connectivity index (χ0) is 22.5. The Balaban J connectivity index is 1.36. The van der Waals surface area contributed by atoms with E-state index in [2.05, 4.69) is 20.2 Å². The number of carbonyl (C=O) groups is 1. The molecule has 11 heteroatoms. The van der Waals surface area contributed by atoms with E-state index in [9.17, 15) is 18.0 Å². The molecule has 2 aliphatic rings. The van der Waals surface area contributed by atoms with Gasteiger partial charge in [-0.3, -0.25) is 4.79 Å². The van der Waals surface area contributed by atoms with Crippen LogP contribution in [-0.2, 0) is 6.18 Å². The highest BCUT2D eigenvalue weighted by atomic mass is 19.4. The van der Waals surface area contributed by atoms with Gasteiger partial charge in [-0.05, 0) is 43.9 Å². The number of carbonyl (C=O) groups excluding carboxylic acids is 1. The van der Waals surface area contributed by atoms with Gasteiger partial charge in [0, 0.05) is 24.5 Å². The molecular weight excluding hydrogens is 425 g/mol. The van der Waals surface area contributed by atoms with E-state index < -0.39 is 11.7 Å². The maximum Gasteiger partial charge on any atom is 0.417 e. The number of nitrogens with zero attached hydrogens (tertiary/aromatic N) is 6. The van der Waals surface area contributed by atoms with Crippen molar-refractivity contribution in [3.05, 3.63) is 59.7 Å². The first kappa shape index (κ1) is 20.4. The van der Waals surface area contributed by atoms with E-state index in [-0.39, 0.29) is 29.9 Å². The maximum absolute atomic E-state index is 13.4. The fourth-order valence-electron chi connectivity index (χ4n) is 4.44. The van der Waals surface area contributed by atoms with Gasteiger partial charge >= 0.3 is 6.18 Å². The summed E-state index contributed by atoms with van der Waals surface area (Å²) in [6.45, 7) is 2.41. The van der Waals surface area contributed by atoms with Gasteiger partial charge in [-0.1, -0.05) is 0 Å². The van der Waals surface area contributed by atoms with Gasteiger partial charge in [0.05, 0.1) is 29.6 Å². The third-order valence-electron chi connectivity index (χ3n) is 5.87. The van der Waals surface area contributed by atoms with Gasteiger partial charge in [-0.25, -0.2) is 9.97 Å². The fraction of sp³-hybridized carbons (Fsp3) is 0.381. The van der Waals surface area contributed by atoms with Gasteiger partial charge in [-0.15, -0.1) is 4.80 Å². The Bertz CT molecular complexity index is 1130. The molecule has 2 fully saturated rings. The number of hydrogen-bond donors (Lipinski definition) is 0. The fourth-order valence-corrected chi connectivity index (χ4v) is 4.44. The van der Waals surface area contributed by atoms with Crippen molar-refractivity contribution in [2.45, 2.75) is 38.1 Å². The molecular formula is C21H19F3N6O2. The van der Waals surface area contributed by atoms with Crippen molar-refractivity contribution in [3.8, 4) is 11.7 Å². The van der Waals surface area contributed by atoms with Crippen molar-refractivity contribution in [1.82, 2.24) is 29.9 Å². The first-order chi connectivity index (χ1) is 15.3. The van der Waals surface area contributed by atoms with Crippen LogP contribution in [0.25, 0.3) is 5.82 Å². The summed E-state index contributed by atoms with van der Waals surface area (Å²) in [6.07, 6.45) is 0.472. The Morgan fingerprint density at radius 2 is 1.91 bits per heavy atom. The molecule has 3 aromatic heterocycles. The average Bonchev–Trinajstić information content (AvgIpc) is 3.50. The number of aromatic nitrogens is 5. The van der Waals surface area contributed by atoms with E-state index in [4.69, 9.17) is 4.74 Å². The van der Waals surface area contributed by atoms with Crippen LogP contribution in [0, 0.1) is 12.8 Å². The number of pyridine rings is 2. The second-order valence-corrected chi connectivity index (χ2v) is 8.04. The Morgan fingerprint density at radius 1 is 1.12 bits per heavy atom. The molecule has 3 atom stereocenters. The summed E-state index contributed by atoms with van der Waals surface area (Å²) >= 11 is 0. The topological polar surface area (TPSA) is 86.0 Å². The molecule has 5 rings (SSSR count). The number of hydrogen-bond acceptors (Lipinski definition) is 6. The first-order valence-corrected chi connectivity index (χ1v) is 10.1. The molecule has 1 amide bonds. The van der Waals surface area contributed by atoms with Crippen molar-refractivity contribution >= 4 is 5.91 Å². The quantitative estimate of drug-likeness (QED) is 0.615. The molecule has 32 heavy (non-hydrogen) atoms. The van der Waals surface area contributed by atoms with Crippen LogP contribution < -0.4 is 4.74 Å². The van der Waals surface area contributed by atoms with E-state index in [1.807, 2.05) is 6.92 Å². The third-order valence-corrected chi connectivity index (χ3v) is 5.87. The summed E-state index contributed by atoms with van der Waals surface area (Å²) in [5.41, 5.74) is 0.276. The highest BCUT2D eigenvalue weighted by molar-refractivity contribution is 5.97. The van der Waals surface area contributed by atoms with Crippen LogP contribution in [0.1, 0.15) is 34.5 Å². The van der Waals surface area contributed by atoms with Gasteiger partial charge in [0.1, 0.15) is 6.10 Å². The summed E-state index contributed by atoms with van der Waals surface area (Å²) in [5, 5.41) is 8.20. The molecule has 4 heterocycles. The summed E-state index contributed by atoms with van der Waals surface area (Å²) in [5.74, 6) is 0.519. The van der Waals surface area contributed by atoms with E-state index in [1.165, 1.54) is 23.3 Å². The molecule has 3 unspecified atom stereocenters. The molecule has 8 nitrogen and oxygen atoms in total. The van der Waals surface area contributed by atoms with Gasteiger partial charge in [0.15, 0.2) is 5.82 Å².